The zero-order chi connectivity index (χ0) is 10.7. The molecule has 0 aromatic heterocycles. The SMILES string of the molecule is C=C(C)CC(=O)c1cc(Br)ccc1I. The van der Waals surface area contributed by atoms with Crippen molar-refractivity contribution in [2.45, 2.75) is 13.3 Å². The van der Waals surface area contributed by atoms with Crippen molar-refractivity contribution < 1.29 is 4.79 Å². The topological polar surface area (TPSA) is 17.1 Å². The highest BCUT2D eigenvalue weighted by atomic mass is 127. The summed E-state index contributed by atoms with van der Waals surface area (Å²) < 4.78 is 1.92. The molecule has 0 bridgehead atoms. The molecule has 1 rings (SSSR count). The Morgan fingerprint density at radius 1 is 1.57 bits per heavy atom. The smallest absolute Gasteiger partial charge is 0.167 e. The quantitative estimate of drug-likeness (QED) is 0.446. The van der Waals surface area contributed by atoms with Crippen LogP contribution in [0.15, 0.2) is 34.8 Å². The van der Waals surface area contributed by atoms with Crippen LogP contribution in [-0.4, -0.2) is 5.78 Å². The number of rotatable bonds is 3. The molecule has 0 spiro atoms. The lowest BCUT2D eigenvalue weighted by Crippen LogP contribution is -2.01. The van der Waals surface area contributed by atoms with Gasteiger partial charge in [0.25, 0.3) is 0 Å². The summed E-state index contributed by atoms with van der Waals surface area (Å²) >= 11 is 5.52. The first-order valence-corrected chi connectivity index (χ1v) is 6.00. The third-order valence-corrected chi connectivity index (χ3v) is 3.13. The molecule has 0 amide bonds. The molecule has 14 heavy (non-hydrogen) atoms. The summed E-state index contributed by atoms with van der Waals surface area (Å²) in [5.74, 6) is 0.128. The van der Waals surface area contributed by atoms with E-state index in [4.69, 9.17) is 0 Å². The van der Waals surface area contributed by atoms with Gasteiger partial charge in [0.05, 0.1) is 0 Å². The number of halogens is 2. The zero-order valence-electron chi connectivity index (χ0n) is 7.81. The van der Waals surface area contributed by atoms with Crippen molar-refractivity contribution in [3.8, 4) is 0 Å². The van der Waals surface area contributed by atoms with Crippen molar-refractivity contribution in [3.63, 3.8) is 0 Å². The van der Waals surface area contributed by atoms with Crippen LogP contribution < -0.4 is 0 Å². The Balaban J connectivity index is 3.00. The molecule has 1 nitrogen and oxygen atoms in total. The van der Waals surface area contributed by atoms with E-state index in [0.29, 0.717) is 6.42 Å². The first-order valence-electron chi connectivity index (χ1n) is 4.13. The van der Waals surface area contributed by atoms with Crippen LogP contribution in [0.4, 0.5) is 0 Å². The van der Waals surface area contributed by atoms with Crippen LogP contribution in [0.1, 0.15) is 23.7 Å². The highest BCUT2D eigenvalue weighted by molar-refractivity contribution is 14.1. The summed E-state index contributed by atoms with van der Waals surface area (Å²) in [7, 11) is 0. The van der Waals surface area contributed by atoms with Gasteiger partial charge in [-0.1, -0.05) is 28.1 Å². The highest BCUT2D eigenvalue weighted by Gasteiger charge is 2.10. The van der Waals surface area contributed by atoms with Crippen LogP contribution in [0.25, 0.3) is 0 Å². The number of Topliss-reactive ketones (excluding diaryl/α,β-unsaturated/α-hetero) is 1. The fourth-order valence-corrected chi connectivity index (χ4v) is 2.08. The van der Waals surface area contributed by atoms with E-state index in [1.54, 1.807) is 0 Å². The molecule has 1 aromatic carbocycles. The number of benzene rings is 1. The number of carbonyl (C=O) groups excluding carboxylic acids is 1. The highest BCUT2D eigenvalue weighted by Crippen LogP contribution is 2.20. The van der Waals surface area contributed by atoms with E-state index in [-0.39, 0.29) is 5.78 Å². The van der Waals surface area contributed by atoms with Gasteiger partial charge in [-0.3, -0.25) is 4.79 Å². The third-order valence-electron chi connectivity index (χ3n) is 1.69. The van der Waals surface area contributed by atoms with Crippen molar-refractivity contribution in [2.24, 2.45) is 0 Å². The summed E-state index contributed by atoms with van der Waals surface area (Å²) in [6, 6.07) is 5.71. The van der Waals surface area contributed by atoms with Crippen LogP contribution in [0.2, 0.25) is 0 Å². The summed E-state index contributed by atoms with van der Waals surface area (Å²) in [5, 5.41) is 0. The Kier molecular flexibility index (Phi) is 4.31. The van der Waals surface area contributed by atoms with Crippen molar-refractivity contribution in [1.82, 2.24) is 0 Å². The second-order valence-corrected chi connectivity index (χ2v) is 5.26. The molecule has 0 fully saturated rings. The van der Waals surface area contributed by atoms with Crippen molar-refractivity contribution >= 4 is 44.3 Å². The molecule has 0 aliphatic carbocycles. The van der Waals surface area contributed by atoms with E-state index >= 15 is 0 Å². The molecule has 0 aliphatic rings. The molecule has 74 valence electrons. The van der Waals surface area contributed by atoms with Gasteiger partial charge in [0.15, 0.2) is 5.78 Å². The van der Waals surface area contributed by atoms with Crippen molar-refractivity contribution in [1.29, 1.82) is 0 Å². The maximum atomic E-state index is 11.7. The molecule has 0 saturated carbocycles. The predicted octanol–water partition coefficient (Wildman–Crippen LogP) is 4.20. The van der Waals surface area contributed by atoms with Crippen LogP contribution >= 0.6 is 38.5 Å². The molecule has 0 unspecified atom stereocenters. The van der Waals surface area contributed by atoms with Crippen LogP contribution in [0, 0.1) is 3.57 Å². The minimum Gasteiger partial charge on any atom is -0.294 e. The van der Waals surface area contributed by atoms with E-state index < -0.39 is 0 Å². The van der Waals surface area contributed by atoms with Gasteiger partial charge in [0, 0.05) is 20.0 Å². The predicted molar refractivity (Wildman–Crippen MR) is 70.6 cm³/mol. The fourth-order valence-electron chi connectivity index (χ4n) is 1.08. The van der Waals surface area contributed by atoms with Gasteiger partial charge in [-0.2, -0.15) is 0 Å². The molecular weight excluding hydrogens is 355 g/mol. The van der Waals surface area contributed by atoms with E-state index in [0.717, 1.165) is 19.2 Å². The minimum absolute atomic E-state index is 0.128. The van der Waals surface area contributed by atoms with E-state index in [1.807, 2.05) is 25.1 Å². The number of hydrogen-bond acceptors (Lipinski definition) is 1. The standard InChI is InChI=1S/C11H10BrIO/c1-7(2)5-11(14)9-6-8(12)3-4-10(9)13/h3-4,6H,1,5H2,2H3. The van der Waals surface area contributed by atoms with E-state index in [9.17, 15) is 4.79 Å². The zero-order valence-corrected chi connectivity index (χ0v) is 11.6. The van der Waals surface area contributed by atoms with E-state index in [1.165, 1.54) is 0 Å². The molecule has 0 aliphatic heterocycles. The molecule has 0 heterocycles. The Bertz CT molecular complexity index is 385. The van der Waals surface area contributed by atoms with Crippen molar-refractivity contribution in [3.05, 3.63) is 44.0 Å². The van der Waals surface area contributed by atoms with Crippen molar-refractivity contribution in [2.75, 3.05) is 0 Å². The minimum atomic E-state index is 0.128. The summed E-state index contributed by atoms with van der Waals surface area (Å²) in [6.45, 7) is 5.60. The fraction of sp³-hybridized carbons (Fsp3) is 0.182. The van der Waals surface area contributed by atoms with Gasteiger partial charge in [-0.15, -0.1) is 0 Å². The first-order chi connectivity index (χ1) is 6.50. The van der Waals surface area contributed by atoms with Gasteiger partial charge in [-0.25, -0.2) is 0 Å². The van der Waals surface area contributed by atoms with Crippen LogP contribution in [0.3, 0.4) is 0 Å². The number of carbonyl (C=O) groups is 1. The second-order valence-electron chi connectivity index (χ2n) is 3.18. The summed E-state index contributed by atoms with van der Waals surface area (Å²) in [5.41, 5.74) is 1.66. The maximum absolute atomic E-state index is 11.7. The molecule has 3 heteroatoms. The van der Waals surface area contributed by atoms with Gasteiger partial charge in [0.2, 0.25) is 0 Å². The Labute approximate surface area is 106 Å². The average molecular weight is 365 g/mol. The summed E-state index contributed by atoms with van der Waals surface area (Å²) in [4.78, 5) is 11.7. The normalized spacial score (nSPS) is 9.93. The lowest BCUT2D eigenvalue weighted by molar-refractivity contribution is 0.0992. The third kappa shape index (κ3) is 3.20. The number of ketones is 1. The van der Waals surface area contributed by atoms with Gasteiger partial charge >= 0.3 is 0 Å². The largest absolute Gasteiger partial charge is 0.294 e. The molecule has 0 radical (unpaired) electrons. The molecular formula is C11H10BrIO. The van der Waals surface area contributed by atoms with E-state index in [2.05, 4.69) is 45.1 Å². The summed E-state index contributed by atoms with van der Waals surface area (Å²) in [6.07, 6.45) is 0.423. The Morgan fingerprint density at radius 2 is 2.21 bits per heavy atom. The number of hydrogen-bond donors (Lipinski definition) is 0. The lowest BCUT2D eigenvalue weighted by atomic mass is 10.1. The van der Waals surface area contributed by atoms with Gasteiger partial charge < -0.3 is 0 Å². The van der Waals surface area contributed by atoms with Crippen LogP contribution in [0.5, 0.6) is 0 Å². The maximum Gasteiger partial charge on any atom is 0.167 e. The average Bonchev–Trinajstić information content (AvgIpc) is 2.08. The lowest BCUT2D eigenvalue weighted by Gasteiger charge is -2.04. The molecule has 0 N–H and O–H groups in total. The molecule has 0 saturated heterocycles. The first kappa shape index (κ1) is 11.9. The molecule has 0 atom stereocenters. The Hall–Kier alpha value is -0.160. The number of allylic oxidation sites excluding steroid dienone is 1. The molecule has 1 aromatic rings. The Morgan fingerprint density at radius 3 is 2.79 bits per heavy atom. The van der Waals surface area contributed by atoms with Crippen LogP contribution in [-0.2, 0) is 0 Å². The van der Waals surface area contributed by atoms with Gasteiger partial charge in [-0.05, 0) is 47.7 Å². The van der Waals surface area contributed by atoms with Gasteiger partial charge in [0.1, 0.15) is 0 Å². The monoisotopic (exact) mass is 364 g/mol. The second kappa shape index (κ2) is 5.07.